The van der Waals surface area contributed by atoms with Crippen molar-refractivity contribution in [3.63, 3.8) is 0 Å². The van der Waals surface area contributed by atoms with E-state index < -0.39 is 28.7 Å². The molecule has 132 valence electrons. The first kappa shape index (κ1) is 17.3. The minimum Gasteiger partial charge on any atom is -0.476 e. The van der Waals surface area contributed by atoms with Crippen molar-refractivity contribution in [2.75, 3.05) is 0 Å². The first-order valence-electron chi connectivity index (χ1n) is 7.66. The fraction of sp³-hybridized carbons (Fsp3) is 0.111. The highest BCUT2D eigenvalue weighted by Gasteiger charge is 2.19. The van der Waals surface area contributed by atoms with Crippen LogP contribution in [0.15, 0.2) is 58.1 Å². The highest BCUT2D eigenvalue weighted by Crippen LogP contribution is 2.07. The number of hydrogen-bond donors (Lipinski definition) is 1. The maximum absolute atomic E-state index is 13.1. The van der Waals surface area contributed by atoms with Crippen LogP contribution in [0.25, 0.3) is 5.69 Å². The van der Waals surface area contributed by atoms with Gasteiger partial charge in [-0.2, -0.15) is 9.78 Å². The predicted molar refractivity (Wildman–Crippen MR) is 91.3 cm³/mol. The van der Waals surface area contributed by atoms with E-state index in [9.17, 15) is 23.9 Å². The van der Waals surface area contributed by atoms with Crippen LogP contribution in [0.4, 0.5) is 4.39 Å². The quantitative estimate of drug-likeness (QED) is 0.767. The van der Waals surface area contributed by atoms with Gasteiger partial charge in [-0.25, -0.2) is 14.0 Å². The molecule has 2 aromatic carbocycles. The summed E-state index contributed by atoms with van der Waals surface area (Å²) in [5, 5.41) is 13.0. The largest absolute Gasteiger partial charge is 0.476 e. The number of benzene rings is 2. The van der Waals surface area contributed by atoms with E-state index in [0.29, 0.717) is 11.3 Å². The van der Waals surface area contributed by atoms with E-state index >= 15 is 0 Å². The van der Waals surface area contributed by atoms with Crippen molar-refractivity contribution in [2.45, 2.75) is 13.5 Å². The van der Waals surface area contributed by atoms with Gasteiger partial charge in [0.25, 0.3) is 5.56 Å². The van der Waals surface area contributed by atoms with E-state index in [1.807, 2.05) is 0 Å². The van der Waals surface area contributed by atoms with Crippen molar-refractivity contribution in [2.24, 2.45) is 0 Å². The van der Waals surface area contributed by atoms with Crippen LogP contribution in [0.5, 0.6) is 0 Å². The molecule has 0 saturated carbocycles. The van der Waals surface area contributed by atoms with E-state index in [4.69, 9.17) is 0 Å². The van der Waals surface area contributed by atoms with Crippen molar-refractivity contribution < 1.29 is 14.3 Å². The van der Waals surface area contributed by atoms with Crippen molar-refractivity contribution in [3.05, 3.63) is 92.0 Å². The zero-order chi connectivity index (χ0) is 18.8. The second-order valence-electron chi connectivity index (χ2n) is 5.70. The molecule has 3 rings (SSSR count). The molecule has 0 amide bonds. The number of carbonyl (C=O) groups is 1. The molecule has 0 unspecified atom stereocenters. The number of carboxylic acid groups (broad SMARTS) is 1. The lowest BCUT2D eigenvalue weighted by Gasteiger charge is -2.11. The van der Waals surface area contributed by atoms with Gasteiger partial charge in [-0.3, -0.25) is 9.36 Å². The first-order chi connectivity index (χ1) is 12.4. The SMILES string of the molecule is Cc1cccc(-n2nc(C(=O)O)c(=O)n(Cc3ccc(F)cc3)c2=O)c1. The summed E-state index contributed by atoms with van der Waals surface area (Å²) in [6, 6.07) is 11.9. The second kappa shape index (κ2) is 6.75. The van der Waals surface area contributed by atoms with Crippen molar-refractivity contribution >= 4 is 5.97 Å². The van der Waals surface area contributed by atoms with Gasteiger partial charge in [-0.1, -0.05) is 24.3 Å². The molecule has 0 aliphatic carbocycles. The molecular formula is C18H14FN3O4. The monoisotopic (exact) mass is 355 g/mol. The number of halogens is 1. The van der Waals surface area contributed by atoms with E-state index in [-0.39, 0.29) is 6.54 Å². The molecule has 0 fully saturated rings. The molecule has 0 aliphatic heterocycles. The van der Waals surface area contributed by atoms with E-state index in [0.717, 1.165) is 14.8 Å². The number of aryl methyl sites for hydroxylation is 1. The normalized spacial score (nSPS) is 10.7. The summed E-state index contributed by atoms with van der Waals surface area (Å²) in [7, 11) is 0. The third-order valence-electron chi connectivity index (χ3n) is 3.76. The van der Waals surface area contributed by atoms with Gasteiger partial charge >= 0.3 is 11.7 Å². The van der Waals surface area contributed by atoms with Crippen molar-refractivity contribution in [1.82, 2.24) is 14.3 Å². The Morgan fingerprint density at radius 2 is 1.85 bits per heavy atom. The lowest BCUT2D eigenvalue weighted by molar-refractivity contribution is 0.0684. The van der Waals surface area contributed by atoms with Crippen LogP contribution in [0.1, 0.15) is 21.6 Å². The van der Waals surface area contributed by atoms with Crippen LogP contribution < -0.4 is 11.2 Å². The van der Waals surface area contributed by atoms with Gasteiger partial charge in [-0.15, -0.1) is 0 Å². The maximum Gasteiger partial charge on any atom is 0.362 e. The zero-order valence-corrected chi connectivity index (χ0v) is 13.7. The molecule has 0 atom stereocenters. The van der Waals surface area contributed by atoms with E-state index in [1.165, 1.54) is 24.3 Å². The smallest absolute Gasteiger partial charge is 0.362 e. The van der Waals surface area contributed by atoms with Crippen LogP contribution in [-0.4, -0.2) is 25.4 Å². The van der Waals surface area contributed by atoms with Gasteiger partial charge in [0.05, 0.1) is 12.2 Å². The number of aromatic carboxylic acids is 1. The summed E-state index contributed by atoms with van der Waals surface area (Å²) < 4.78 is 14.7. The van der Waals surface area contributed by atoms with Crippen molar-refractivity contribution in [1.29, 1.82) is 0 Å². The molecule has 1 heterocycles. The Balaban J connectivity index is 2.22. The summed E-state index contributed by atoms with van der Waals surface area (Å²) in [5.41, 5.74) is -0.919. The molecule has 0 radical (unpaired) electrons. The van der Waals surface area contributed by atoms with Gasteiger partial charge in [0, 0.05) is 0 Å². The minimum absolute atomic E-state index is 0.202. The lowest BCUT2D eigenvalue weighted by atomic mass is 10.2. The topological polar surface area (TPSA) is 94.2 Å². The number of rotatable bonds is 4. The first-order valence-corrected chi connectivity index (χ1v) is 7.66. The van der Waals surface area contributed by atoms with Gasteiger partial charge in [0.15, 0.2) is 0 Å². The average Bonchev–Trinajstić information content (AvgIpc) is 2.60. The van der Waals surface area contributed by atoms with Crippen LogP contribution in [0.2, 0.25) is 0 Å². The Labute approximate surface area is 146 Å². The molecule has 7 nitrogen and oxygen atoms in total. The Morgan fingerprint density at radius 1 is 1.15 bits per heavy atom. The fourth-order valence-electron chi connectivity index (χ4n) is 2.49. The van der Waals surface area contributed by atoms with Gasteiger partial charge in [0.2, 0.25) is 5.69 Å². The van der Waals surface area contributed by atoms with Gasteiger partial charge in [0.1, 0.15) is 5.82 Å². The number of hydrogen-bond acceptors (Lipinski definition) is 4. The average molecular weight is 355 g/mol. The van der Waals surface area contributed by atoms with Crippen molar-refractivity contribution in [3.8, 4) is 5.69 Å². The third kappa shape index (κ3) is 3.30. The fourth-order valence-corrected chi connectivity index (χ4v) is 2.49. The molecule has 1 N–H and O–H groups in total. The highest BCUT2D eigenvalue weighted by atomic mass is 19.1. The molecule has 0 bridgehead atoms. The molecule has 0 saturated heterocycles. The summed E-state index contributed by atoms with van der Waals surface area (Å²) in [5.74, 6) is -2.00. The second-order valence-corrected chi connectivity index (χ2v) is 5.70. The molecule has 0 aliphatic rings. The summed E-state index contributed by atoms with van der Waals surface area (Å²) in [6.45, 7) is 1.60. The Morgan fingerprint density at radius 3 is 2.46 bits per heavy atom. The molecule has 26 heavy (non-hydrogen) atoms. The summed E-state index contributed by atoms with van der Waals surface area (Å²) in [6.07, 6.45) is 0. The third-order valence-corrected chi connectivity index (χ3v) is 3.76. The standard InChI is InChI=1S/C18H14FN3O4/c1-11-3-2-4-14(9-11)22-18(26)21(16(23)15(20-22)17(24)25)10-12-5-7-13(19)8-6-12/h2-9H,10H2,1H3,(H,24,25). The zero-order valence-electron chi connectivity index (χ0n) is 13.7. The molecule has 1 aromatic heterocycles. The van der Waals surface area contributed by atoms with Gasteiger partial charge in [-0.05, 0) is 42.3 Å². The molecule has 0 spiro atoms. The molecule has 8 heteroatoms. The number of carboxylic acids is 1. The van der Waals surface area contributed by atoms with E-state index in [2.05, 4.69) is 5.10 Å². The number of aromatic nitrogens is 3. The van der Waals surface area contributed by atoms with Crippen LogP contribution in [-0.2, 0) is 6.54 Å². The summed E-state index contributed by atoms with van der Waals surface area (Å²) in [4.78, 5) is 36.5. The molecular weight excluding hydrogens is 341 g/mol. The van der Waals surface area contributed by atoms with Crippen LogP contribution in [0.3, 0.4) is 0 Å². The Hall–Kier alpha value is -3.55. The maximum atomic E-state index is 13.1. The van der Waals surface area contributed by atoms with Gasteiger partial charge < -0.3 is 5.11 Å². The predicted octanol–water partition coefficient (Wildman–Crippen LogP) is 1.59. The number of nitrogens with zero attached hydrogens (tertiary/aromatic N) is 3. The molecule has 3 aromatic rings. The highest BCUT2D eigenvalue weighted by molar-refractivity contribution is 5.84. The van der Waals surface area contributed by atoms with Crippen LogP contribution >= 0.6 is 0 Å². The van der Waals surface area contributed by atoms with E-state index in [1.54, 1.807) is 31.2 Å². The Kier molecular flexibility index (Phi) is 4.49. The Bertz CT molecular complexity index is 1100. The van der Waals surface area contributed by atoms with Crippen LogP contribution in [0, 0.1) is 12.7 Å². The lowest BCUT2D eigenvalue weighted by Crippen LogP contribution is -2.44. The minimum atomic E-state index is -1.54. The summed E-state index contributed by atoms with van der Waals surface area (Å²) >= 11 is 0.